The summed E-state index contributed by atoms with van der Waals surface area (Å²) in [7, 11) is -10.7. The molecule has 1 aromatic rings. The van der Waals surface area contributed by atoms with Crippen molar-refractivity contribution in [3.63, 3.8) is 0 Å². The summed E-state index contributed by atoms with van der Waals surface area (Å²) in [6.07, 6.45) is 0. The average Bonchev–Trinajstić information content (AvgIpc) is 1.94. The summed E-state index contributed by atoms with van der Waals surface area (Å²) in [6, 6.07) is -0.800. The van der Waals surface area contributed by atoms with E-state index in [9.17, 15) is 37.0 Å². The number of halogens is 9. The first kappa shape index (κ1) is 13.0. The molecule has 0 spiro atoms. The minimum atomic E-state index is -10.7. The molecule has 1 aromatic carbocycles. The predicted octanol–water partition coefficient (Wildman–Crippen LogP) is 4.90. The summed E-state index contributed by atoms with van der Waals surface area (Å²) >= 11 is 0. The zero-order valence-electron chi connectivity index (χ0n) is 6.89. The van der Waals surface area contributed by atoms with Crippen molar-refractivity contribution in [3.05, 3.63) is 29.3 Å². The predicted molar refractivity (Wildman–Crippen MR) is 37.7 cm³/mol. The number of hydrogen-bond donors (Lipinski definition) is 0. The third kappa shape index (κ3) is 2.20. The lowest BCUT2D eigenvalue weighted by Crippen LogP contribution is -2.13. The minimum Gasteiger partial charge on any atom is -0.205 e. The van der Waals surface area contributed by atoms with Crippen LogP contribution in [0.5, 0.6) is 0 Å². The van der Waals surface area contributed by atoms with Gasteiger partial charge in [-0.2, -0.15) is 0 Å². The quantitative estimate of drug-likeness (QED) is 0.389. The Labute approximate surface area is 82.4 Å². The van der Waals surface area contributed by atoms with E-state index in [2.05, 4.69) is 0 Å². The van der Waals surface area contributed by atoms with Crippen molar-refractivity contribution >= 4 is 10.2 Å². The molecule has 0 N–H and O–H groups in total. The second kappa shape index (κ2) is 2.60. The molecular weight excluding hydrogens is 275 g/mol. The molecule has 10 heteroatoms. The van der Waals surface area contributed by atoms with Gasteiger partial charge in [-0.05, 0) is 0 Å². The van der Waals surface area contributed by atoms with Crippen molar-refractivity contribution in [1.29, 1.82) is 0 Å². The molecule has 0 saturated heterocycles. The molecule has 0 unspecified atom stereocenters. The highest BCUT2D eigenvalue weighted by atomic mass is 32.5. The number of hydrogen-bond acceptors (Lipinski definition) is 0. The van der Waals surface area contributed by atoms with Crippen molar-refractivity contribution in [3.8, 4) is 0 Å². The van der Waals surface area contributed by atoms with Crippen LogP contribution in [-0.4, -0.2) is 0 Å². The van der Waals surface area contributed by atoms with E-state index >= 15 is 0 Å². The first-order chi connectivity index (χ1) is 6.74. The van der Waals surface area contributed by atoms with Crippen LogP contribution in [-0.2, 0) is 0 Å². The molecule has 1 rings (SSSR count). The summed E-state index contributed by atoms with van der Waals surface area (Å²) in [5, 5.41) is 0. The Kier molecular flexibility index (Phi) is 2.12. The molecule has 16 heavy (non-hydrogen) atoms. The van der Waals surface area contributed by atoms with Gasteiger partial charge in [0, 0.05) is 6.07 Å². The van der Waals surface area contributed by atoms with Gasteiger partial charge in [0.05, 0.1) is 0 Å². The van der Waals surface area contributed by atoms with Gasteiger partial charge in [0.15, 0.2) is 28.2 Å². The normalized spacial score (nSPS) is 16.8. The van der Waals surface area contributed by atoms with Crippen LogP contribution >= 0.6 is 10.2 Å². The molecule has 0 aromatic heterocycles. The topological polar surface area (TPSA) is 0 Å². The van der Waals surface area contributed by atoms with Crippen molar-refractivity contribution in [2.24, 2.45) is 0 Å². The monoisotopic (exact) mass is 276 g/mol. The molecule has 0 aliphatic carbocycles. The molecule has 0 nitrogen and oxygen atoms in total. The number of rotatable bonds is 1. The van der Waals surface area contributed by atoms with Gasteiger partial charge in [0.1, 0.15) is 0 Å². The highest BCUT2D eigenvalue weighted by Crippen LogP contribution is 3.02. The van der Waals surface area contributed by atoms with Crippen LogP contribution in [0, 0.1) is 23.3 Å². The molecule has 0 radical (unpaired) electrons. The summed E-state index contributed by atoms with van der Waals surface area (Å²) in [4.78, 5) is -3.68. The zero-order chi connectivity index (χ0) is 13.0. The molecule has 0 fully saturated rings. The van der Waals surface area contributed by atoms with Gasteiger partial charge in [-0.25, -0.2) is 17.6 Å². The van der Waals surface area contributed by atoms with Crippen LogP contribution in [0.1, 0.15) is 0 Å². The van der Waals surface area contributed by atoms with E-state index in [1.165, 1.54) is 0 Å². The highest BCUT2D eigenvalue weighted by molar-refractivity contribution is 8.45. The molecule has 0 heterocycles. The van der Waals surface area contributed by atoms with Crippen LogP contribution in [0.25, 0.3) is 0 Å². The van der Waals surface area contributed by atoms with Crippen LogP contribution in [0.2, 0.25) is 0 Å². The first-order valence-electron chi connectivity index (χ1n) is 3.31. The Morgan fingerprint density at radius 1 is 0.688 bits per heavy atom. The molecule has 94 valence electrons. The molecular formula is C6HF9S. The van der Waals surface area contributed by atoms with Gasteiger partial charge in [-0.15, -0.1) is 0 Å². The third-order valence-corrected chi connectivity index (χ3v) is 2.60. The minimum absolute atomic E-state index is 0.800. The van der Waals surface area contributed by atoms with Gasteiger partial charge < -0.3 is 0 Å². The van der Waals surface area contributed by atoms with E-state index in [0.29, 0.717) is 0 Å². The average molecular weight is 276 g/mol. The molecule has 0 bridgehead atoms. The second-order valence-corrected chi connectivity index (χ2v) is 5.11. The lowest BCUT2D eigenvalue weighted by molar-refractivity contribution is 0.331. The largest absolute Gasteiger partial charge is 0.316 e. The molecule has 0 aliphatic heterocycles. The van der Waals surface area contributed by atoms with Gasteiger partial charge in [0.25, 0.3) is 0 Å². The summed E-state index contributed by atoms with van der Waals surface area (Å²) < 4.78 is 110. The van der Waals surface area contributed by atoms with Gasteiger partial charge in [0.2, 0.25) is 0 Å². The Balaban J connectivity index is 3.81. The van der Waals surface area contributed by atoms with E-state index in [4.69, 9.17) is 0 Å². The Morgan fingerprint density at radius 2 is 1.12 bits per heavy atom. The standard InChI is InChI=1S/C6HF9S/c7-2-1-3(8)6(5(10)4(2)9)16(11,12,13,14)15/h1H. The Bertz CT molecular complexity index is 458. The summed E-state index contributed by atoms with van der Waals surface area (Å²) in [5.74, 6) is -11.3. The molecule has 0 amide bonds. The first-order valence-corrected chi connectivity index (χ1v) is 5.26. The van der Waals surface area contributed by atoms with E-state index in [1.54, 1.807) is 0 Å². The van der Waals surface area contributed by atoms with Crippen molar-refractivity contribution < 1.29 is 37.0 Å². The van der Waals surface area contributed by atoms with Crippen molar-refractivity contribution in [2.45, 2.75) is 4.90 Å². The van der Waals surface area contributed by atoms with E-state index in [1.807, 2.05) is 0 Å². The fourth-order valence-corrected chi connectivity index (χ4v) is 1.76. The smallest absolute Gasteiger partial charge is 0.205 e. The van der Waals surface area contributed by atoms with Crippen LogP contribution in [0.3, 0.4) is 0 Å². The maximum absolute atomic E-state index is 12.5. The SMILES string of the molecule is Fc1cc(F)c(S(F)(F)(F)(F)F)c(F)c1F. The fraction of sp³-hybridized carbons (Fsp3) is 0. The summed E-state index contributed by atoms with van der Waals surface area (Å²) in [6.45, 7) is 0. The third-order valence-electron chi connectivity index (χ3n) is 1.46. The summed E-state index contributed by atoms with van der Waals surface area (Å²) in [5.41, 5.74) is 0. The fourth-order valence-electron chi connectivity index (χ4n) is 0.903. The van der Waals surface area contributed by atoms with Crippen molar-refractivity contribution in [2.75, 3.05) is 0 Å². The lowest BCUT2D eigenvalue weighted by Gasteiger charge is -2.40. The second-order valence-electron chi connectivity index (χ2n) is 2.77. The number of benzene rings is 1. The van der Waals surface area contributed by atoms with Gasteiger partial charge >= 0.3 is 10.2 Å². The molecule has 0 atom stereocenters. The maximum Gasteiger partial charge on any atom is 0.316 e. The highest BCUT2D eigenvalue weighted by Gasteiger charge is 2.69. The Morgan fingerprint density at radius 3 is 1.50 bits per heavy atom. The maximum atomic E-state index is 12.5. The lowest BCUT2D eigenvalue weighted by atomic mass is 10.3. The molecule has 0 aliphatic rings. The van der Waals surface area contributed by atoms with Gasteiger partial charge in [-0.1, -0.05) is 19.4 Å². The van der Waals surface area contributed by atoms with Crippen LogP contribution < -0.4 is 0 Å². The van der Waals surface area contributed by atoms with E-state index in [0.717, 1.165) is 0 Å². The van der Waals surface area contributed by atoms with Gasteiger partial charge in [-0.3, -0.25) is 0 Å². The Hall–Kier alpha value is -1.06. The van der Waals surface area contributed by atoms with Crippen LogP contribution in [0.4, 0.5) is 37.0 Å². The molecule has 0 saturated carbocycles. The van der Waals surface area contributed by atoms with Crippen molar-refractivity contribution in [1.82, 2.24) is 0 Å². The van der Waals surface area contributed by atoms with E-state index < -0.39 is 44.5 Å². The zero-order valence-corrected chi connectivity index (χ0v) is 7.70. The van der Waals surface area contributed by atoms with E-state index in [-0.39, 0.29) is 0 Å². The van der Waals surface area contributed by atoms with Crippen LogP contribution in [0.15, 0.2) is 11.0 Å².